The lowest BCUT2D eigenvalue weighted by Crippen LogP contribution is -2.34. The minimum atomic E-state index is -2.43. The molecule has 48 heavy (non-hydrogen) atoms. The summed E-state index contributed by atoms with van der Waals surface area (Å²) >= 11 is 7.45. The number of thiol groups is 2. The molecular weight excluding hydrogens is 717 g/mol. The van der Waals surface area contributed by atoms with Gasteiger partial charge in [-0.1, -0.05) is 12.2 Å². The van der Waals surface area contributed by atoms with E-state index >= 15 is 4.39 Å². The molecule has 5 N–H and O–H groups in total. The van der Waals surface area contributed by atoms with Gasteiger partial charge in [0.15, 0.2) is 64.8 Å². The van der Waals surface area contributed by atoms with Gasteiger partial charge in [0, 0.05) is 13.1 Å². The summed E-state index contributed by atoms with van der Waals surface area (Å²) in [6.45, 7) is -0.362. The molecule has 6 rings (SSSR count). The van der Waals surface area contributed by atoms with Crippen molar-refractivity contribution in [2.24, 2.45) is 0 Å². The number of alkyl halides is 1. The van der Waals surface area contributed by atoms with E-state index in [1.54, 1.807) is 0 Å². The van der Waals surface area contributed by atoms with E-state index in [0.717, 1.165) is 0 Å². The van der Waals surface area contributed by atoms with E-state index in [-0.39, 0.29) is 5.65 Å². The van der Waals surface area contributed by atoms with Crippen LogP contribution >= 0.6 is 39.0 Å². The molecule has 0 spiro atoms. The maximum Gasteiger partial charge on any atom is 0.582 e. The Balaban J connectivity index is 1.08. The zero-order valence-electron chi connectivity index (χ0n) is 24.4. The van der Waals surface area contributed by atoms with Crippen LogP contribution in [-0.2, 0) is 27.7 Å². The van der Waals surface area contributed by atoms with Crippen molar-refractivity contribution in [3.63, 3.8) is 0 Å². The van der Waals surface area contributed by atoms with Gasteiger partial charge in [-0.3, -0.25) is 9.13 Å². The summed E-state index contributed by atoms with van der Waals surface area (Å²) in [5.41, 5.74) is 1.36. The van der Waals surface area contributed by atoms with Gasteiger partial charge in [0.2, 0.25) is 0 Å². The van der Waals surface area contributed by atoms with Crippen LogP contribution in [0.4, 0.5) is 16.0 Å². The van der Waals surface area contributed by atoms with Gasteiger partial charge in [0.25, 0.3) is 0 Å². The first-order chi connectivity index (χ1) is 23.2. The van der Waals surface area contributed by atoms with E-state index in [2.05, 4.69) is 65.0 Å². The third-order valence-corrected chi connectivity index (χ3v) is 8.98. The molecule has 256 valence electrons. The third-order valence-electron chi connectivity index (χ3n) is 7.57. The van der Waals surface area contributed by atoms with Crippen LogP contribution in [0.25, 0.3) is 22.3 Å². The standard InChI is InChI=1S/C24H27FN10O9P2S2/c25-13-17(43-45(39)47)12(6-37)42-23(13)34-9-32-14-19(28-7-30-21(14)34)26-3-1-2-4-27-20-15-22(31-8-29-20)35(10-33-15)24-18(44-46(40)48)16(38)11(5-36)41-24/h1-2,7-13,16-18,23-24,36-38H,3-6H2,(H2-2,26,27,28,29,30,31,39,40,47,48)/p+2/b2-1+/t11?,12-,13-,16-,17-,18-,23-,24-/m1/s1. The van der Waals surface area contributed by atoms with Crippen LogP contribution in [0.3, 0.4) is 0 Å². The number of imidazole rings is 2. The lowest BCUT2D eigenvalue weighted by atomic mass is 10.1. The average molecular weight is 747 g/mol. The van der Waals surface area contributed by atoms with E-state index in [1.165, 1.54) is 34.4 Å². The number of nitrogens with one attached hydrogen (secondary N) is 2. The van der Waals surface area contributed by atoms with Crippen molar-refractivity contribution in [1.29, 1.82) is 0 Å². The smallest absolute Gasteiger partial charge is 0.394 e. The first-order valence-corrected chi connectivity index (χ1v) is 18.9. The Bertz CT molecular complexity index is 1820. The molecule has 0 amide bonds. The zero-order chi connectivity index (χ0) is 33.9. The summed E-state index contributed by atoms with van der Waals surface area (Å²) in [4.78, 5) is 25.7. The molecule has 2 saturated heterocycles. The molecule has 2 aliphatic heterocycles. The van der Waals surface area contributed by atoms with Gasteiger partial charge >= 0.3 is 14.5 Å². The average Bonchev–Trinajstić information content (AvgIpc) is 3.83. The molecule has 2 fully saturated rings. The van der Waals surface area contributed by atoms with Crippen LogP contribution in [0.15, 0.2) is 37.5 Å². The summed E-state index contributed by atoms with van der Waals surface area (Å²) < 4.78 is 62.9. The predicted molar refractivity (Wildman–Crippen MR) is 173 cm³/mol. The second kappa shape index (κ2) is 15.3. The number of rotatable bonds is 14. The molecule has 10 atom stereocenters. The van der Waals surface area contributed by atoms with Crippen molar-refractivity contribution in [3.05, 3.63) is 37.5 Å². The summed E-state index contributed by atoms with van der Waals surface area (Å²) in [6.07, 6.45) is -0.692. The van der Waals surface area contributed by atoms with Crippen LogP contribution in [0.2, 0.25) is 0 Å². The summed E-state index contributed by atoms with van der Waals surface area (Å²) in [5.74, 6) is 0.789. The number of halogens is 1. The molecule has 6 heterocycles. The van der Waals surface area contributed by atoms with Crippen LogP contribution in [0.5, 0.6) is 0 Å². The van der Waals surface area contributed by atoms with Crippen molar-refractivity contribution < 1.29 is 47.4 Å². The van der Waals surface area contributed by atoms with Gasteiger partial charge in [0.05, 0.1) is 25.9 Å². The molecule has 0 bridgehead atoms. The molecular formula is C24H29FN10O9P2S2+2. The number of fused-ring (bicyclic) bond motifs is 2. The molecule has 0 aliphatic carbocycles. The number of nitrogens with zero attached hydrogens (tertiary/aromatic N) is 8. The van der Waals surface area contributed by atoms with Crippen molar-refractivity contribution in [2.75, 3.05) is 36.9 Å². The number of anilines is 2. The Morgan fingerprint density at radius 2 is 1.31 bits per heavy atom. The molecule has 4 aromatic heterocycles. The highest BCUT2D eigenvalue weighted by atomic mass is 32.7. The van der Waals surface area contributed by atoms with Crippen molar-refractivity contribution in [2.45, 2.75) is 49.1 Å². The Morgan fingerprint density at radius 3 is 1.83 bits per heavy atom. The molecule has 2 aliphatic rings. The Hall–Kier alpha value is -3.01. The van der Waals surface area contributed by atoms with E-state index < -0.39 is 76.8 Å². The van der Waals surface area contributed by atoms with Gasteiger partial charge in [-0.05, 0) is 9.13 Å². The minimum Gasteiger partial charge on any atom is -0.394 e. The predicted octanol–water partition coefficient (Wildman–Crippen LogP) is 1.47. The zero-order valence-corrected chi connectivity index (χ0v) is 28.0. The summed E-state index contributed by atoms with van der Waals surface area (Å²) in [5, 5.41) is 35.9. The topological polar surface area (TPSA) is 243 Å². The molecule has 3 unspecified atom stereocenters. The van der Waals surface area contributed by atoms with Gasteiger partial charge in [-0.25, -0.2) is 34.3 Å². The van der Waals surface area contributed by atoms with Crippen molar-refractivity contribution >= 4 is 72.9 Å². The van der Waals surface area contributed by atoms with E-state index in [1.807, 2.05) is 12.2 Å². The van der Waals surface area contributed by atoms with Crippen LogP contribution in [-0.4, -0.2) is 117 Å². The monoisotopic (exact) mass is 746 g/mol. The number of hydrogen-bond acceptors (Lipinski definition) is 17. The number of aromatic nitrogens is 8. The number of aliphatic hydroxyl groups is 3. The maximum atomic E-state index is 15.2. The number of ether oxygens (including phenoxy) is 2. The Kier molecular flexibility index (Phi) is 11.1. The fourth-order valence-corrected chi connectivity index (χ4v) is 6.97. The van der Waals surface area contributed by atoms with Gasteiger partial charge < -0.3 is 35.4 Å². The first-order valence-electron chi connectivity index (χ1n) is 14.2. The molecule has 0 radical (unpaired) electrons. The summed E-state index contributed by atoms with van der Waals surface area (Å²) in [7, 11) is -4.81. The fourth-order valence-electron chi connectivity index (χ4n) is 5.42. The lowest BCUT2D eigenvalue weighted by molar-refractivity contribution is -0.0481. The SMILES string of the molecule is O=[P+](S)O[C@@H]1[C@H](O)C(CO)O[C@H]1n1cnc2c(NC/C=C/CNc3ncnc4c3ncn4[C@@H]3O[C@H](CO)[C@@H](O[P+](=O)S)[C@H]3F)ncnc21. The van der Waals surface area contributed by atoms with E-state index in [0.29, 0.717) is 41.4 Å². The molecule has 0 saturated carbocycles. The second-order valence-electron chi connectivity index (χ2n) is 10.4. The Labute approximate surface area is 282 Å². The highest BCUT2D eigenvalue weighted by Gasteiger charge is 2.51. The van der Waals surface area contributed by atoms with Crippen molar-refractivity contribution in [3.8, 4) is 0 Å². The fraction of sp³-hybridized carbons (Fsp3) is 0.500. The lowest BCUT2D eigenvalue weighted by Gasteiger charge is -2.16. The summed E-state index contributed by atoms with van der Waals surface area (Å²) in [6, 6.07) is 0. The normalized spacial score (nSPS) is 28.1. The van der Waals surface area contributed by atoms with Crippen molar-refractivity contribution in [1.82, 2.24) is 39.0 Å². The quantitative estimate of drug-likeness (QED) is 0.0549. The molecule has 4 aromatic rings. The molecule has 24 heteroatoms. The van der Waals surface area contributed by atoms with E-state index in [9.17, 15) is 24.4 Å². The van der Waals surface area contributed by atoms with Crippen LogP contribution < -0.4 is 10.6 Å². The molecule has 19 nitrogen and oxygen atoms in total. The van der Waals surface area contributed by atoms with Gasteiger partial charge in [-0.2, -0.15) is 0 Å². The minimum absolute atomic E-state index is 0.271. The first kappa shape index (κ1) is 34.8. The number of hydrogen-bond donors (Lipinski definition) is 7. The second-order valence-corrected chi connectivity index (χ2v) is 13.7. The highest BCUT2D eigenvalue weighted by Crippen LogP contribution is 2.42. The Morgan fingerprint density at radius 1 is 0.812 bits per heavy atom. The third kappa shape index (κ3) is 7.01. The van der Waals surface area contributed by atoms with Crippen LogP contribution in [0, 0.1) is 0 Å². The molecule has 0 aromatic carbocycles. The maximum absolute atomic E-state index is 15.2. The number of aliphatic hydroxyl groups excluding tert-OH is 3. The van der Waals surface area contributed by atoms with E-state index in [4.69, 9.17) is 18.5 Å². The highest BCUT2D eigenvalue weighted by molar-refractivity contribution is 8.39. The van der Waals surface area contributed by atoms with Gasteiger partial charge in [0.1, 0.15) is 55.5 Å². The largest absolute Gasteiger partial charge is 0.582 e. The van der Waals surface area contributed by atoms with Gasteiger partial charge in [-0.15, -0.1) is 9.05 Å². The van der Waals surface area contributed by atoms with Crippen LogP contribution in [0.1, 0.15) is 12.5 Å².